The molecule has 1 aromatic carbocycles. The van der Waals surface area contributed by atoms with E-state index in [1.165, 1.54) is 0 Å². The van der Waals surface area contributed by atoms with Crippen molar-refractivity contribution in [1.29, 1.82) is 0 Å². The van der Waals surface area contributed by atoms with Crippen LogP contribution >= 0.6 is 11.3 Å². The highest BCUT2D eigenvalue weighted by Gasteiger charge is 2.17. The summed E-state index contributed by atoms with van der Waals surface area (Å²) in [5, 5.41) is 2.96. The maximum atomic E-state index is 5.86. The van der Waals surface area contributed by atoms with Crippen molar-refractivity contribution in [2.75, 3.05) is 20.8 Å². The molecule has 2 aromatic rings. The highest BCUT2D eigenvalue weighted by atomic mass is 32.1. The van der Waals surface area contributed by atoms with E-state index >= 15 is 0 Å². The summed E-state index contributed by atoms with van der Waals surface area (Å²) < 4.78 is 10.5. The van der Waals surface area contributed by atoms with Gasteiger partial charge in [0.1, 0.15) is 16.5 Å². The van der Waals surface area contributed by atoms with Crippen LogP contribution in [0.25, 0.3) is 0 Å². The Bertz CT molecular complexity index is 477. The molecule has 1 unspecified atom stereocenters. The Kier molecular flexibility index (Phi) is 4.17. The molecule has 2 N–H and O–H groups in total. The first kappa shape index (κ1) is 12.9. The van der Waals surface area contributed by atoms with Gasteiger partial charge in [0.2, 0.25) is 0 Å². The number of ether oxygens (including phenoxy) is 2. The summed E-state index contributed by atoms with van der Waals surface area (Å²) in [6.45, 7) is 0.504. The fourth-order valence-electron chi connectivity index (χ4n) is 1.82. The van der Waals surface area contributed by atoms with Crippen LogP contribution in [0.15, 0.2) is 29.8 Å². The van der Waals surface area contributed by atoms with Crippen LogP contribution in [-0.2, 0) is 0 Å². The number of thiazole rings is 1. The molecule has 2 rings (SSSR count). The van der Waals surface area contributed by atoms with E-state index in [1.54, 1.807) is 31.8 Å². The van der Waals surface area contributed by atoms with Crippen molar-refractivity contribution in [1.82, 2.24) is 4.98 Å². The maximum Gasteiger partial charge on any atom is 0.122 e. The first-order valence-electron chi connectivity index (χ1n) is 5.61. The van der Waals surface area contributed by atoms with Gasteiger partial charge in [0.15, 0.2) is 0 Å². The van der Waals surface area contributed by atoms with E-state index in [2.05, 4.69) is 4.98 Å². The Balaban J connectivity index is 2.41. The summed E-state index contributed by atoms with van der Waals surface area (Å²) in [6.07, 6.45) is 1.79. The largest absolute Gasteiger partial charge is 0.497 e. The van der Waals surface area contributed by atoms with E-state index < -0.39 is 0 Å². The van der Waals surface area contributed by atoms with Gasteiger partial charge >= 0.3 is 0 Å². The molecule has 0 saturated carbocycles. The maximum absolute atomic E-state index is 5.86. The molecule has 1 aromatic heterocycles. The number of hydrogen-bond acceptors (Lipinski definition) is 5. The third kappa shape index (κ3) is 2.63. The molecule has 1 atom stereocenters. The highest BCUT2D eigenvalue weighted by Crippen LogP contribution is 2.31. The number of hydrogen-bond donors (Lipinski definition) is 1. The Labute approximate surface area is 110 Å². The van der Waals surface area contributed by atoms with Crippen molar-refractivity contribution in [2.45, 2.75) is 5.92 Å². The number of methoxy groups -OCH3 is 2. The zero-order valence-corrected chi connectivity index (χ0v) is 11.2. The van der Waals surface area contributed by atoms with Crippen LogP contribution in [0.1, 0.15) is 16.5 Å². The zero-order chi connectivity index (χ0) is 13.0. The average molecular weight is 264 g/mol. The lowest BCUT2D eigenvalue weighted by molar-refractivity contribution is 0.393. The monoisotopic (exact) mass is 264 g/mol. The van der Waals surface area contributed by atoms with Crippen molar-refractivity contribution >= 4 is 11.3 Å². The third-order valence-electron chi connectivity index (χ3n) is 2.76. The molecule has 0 bridgehead atoms. The van der Waals surface area contributed by atoms with Crippen LogP contribution in [0.4, 0.5) is 0 Å². The summed E-state index contributed by atoms with van der Waals surface area (Å²) in [6, 6.07) is 5.79. The molecular formula is C13H16N2O2S. The molecule has 0 aliphatic carbocycles. The van der Waals surface area contributed by atoms with Gasteiger partial charge in [-0.2, -0.15) is 0 Å². The molecule has 96 valence electrons. The van der Waals surface area contributed by atoms with Gasteiger partial charge < -0.3 is 15.2 Å². The van der Waals surface area contributed by atoms with E-state index in [0.29, 0.717) is 6.54 Å². The first-order chi connectivity index (χ1) is 8.78. The number of benzene rings is 1. The summed E-state index contributed by atoms with van der Waals surface area (Å²) in [5.74, 6) is 1.60. The number of aromatic nitrogens is 1. The van der Waals surface area contributed by atoms with Gasteiger partial charge in [0.25, 0.3) is 0 Å². The molecule has 0 spiro atoms. The van der Waals surface area contributed by atoms with Gasteiger partial charge in [-0.1, -0.05) is 0 Å². The fraction of sp³-hybridized carbons (Fsp3) is 0.308. The van der Waals surface area contributed by atoms with Crippen LogP contribution in [0, 0.1) is 0 Å². The van der Waals surface area contributed by atoms with Gasteiger partial charge in [0.05, 0.1) is 14.2 Å². The van der Waals surface area contributed by atoms with Crippen LogP contribution in [0.2, 0.25) is 0 Å². The minimum atomic E-state index is 0.0778. The van der Waals surface area contributed by atoms with Crippen molar-refractivity contribution in [3.8, 4) is 11.5 Å². The lowest BCUT2D eigenvalue weighted by Crippen LogP contribution is -2.13. The standard InChI is InChI=1S/C13H16N2O2S/c1-16-10-5-9(6-11(7-10)17-2)12(8-14)13-15-3-4-18-13/h3-7,12H,8,14H2,1-2H3. The zero-order valence-electron chi connectivity index (χ0n) is 10.4. The van der Waals surface area contributed by atoms with Gasteiger partial charge in [0, 0.05) is 30.1 Å². The predicted molar refractivity (Wildman–Crippen MR) is 72.6 cm³/mol. The lowest BCUT2D eigenvalue weighted by Gasteiger charge is -2.15. The molecule has 0 amide bonds. The van der Waals surface area contributed by atoms with E-state index in [-0.39, 0.29) is 5.92 Å². The van der Waals surface area contributed by atoms with Crippen molar-refractivity contribution < 1.29 is 9.47 Å². The Hall–Kier alpha value is -1.59. The van der Waals surface area contributed by atoms with Crippen LogP contribution in [0.3, 0.4) is 0 Å². The van der Waals surface area contributed by atoms with Gasteiger partial charge in [-0.05, 0) is 17.7 Å². The Morgan fingerprint density at radius 1 is 1.22 bits per heavy atom. The van der Waals surface area contributed by atoms with E-state index in [0.717, 1.165) is 22.1 Å². The molecule has 4 nitrogen and oxygen atoms in total. The van der Waals surface area contributed by atoms with E-state index in [9.17, 15) is 0 Å². The highest BCUT2D eigenvalue weighted by molar-refractivity contribution is 7.09. The Morgan fingerprint density at radius 2 is 1.89 bits per heavy atom. The van der Waals surface area contributed by atoms with Crippen molar-refractivity contribution in [3.63, 3.8) is 0 Å². The normalized spacial score (nSPS) is 12.2. The molecule has 18 heavy (non-hydrogen) atoms. The quantitative estimate of drug-likeness (QED) is 0.900. The van der Waals surface area contributed by atoms with E-state index in [4.69, 9.17) is 15.2 Å². The van der Waals surface area contributed by atoms with Gasteiger partial charge in [-0.15, -0.1) is 11.3 Å². The topological polar surface area (TPSA) is 57.4 Å². The molecule has 0 aliphatic rings. The summed E-state index contributed by atoms with van der Waals surface area (Å²) >= 11 is 1.60. The third-order valence-corrected chi connectivity index (χ3v) is 3.65. The molecule has 0 radical (unpaired) electrons. The van der Waals surface area contributed by atoms with Gasteiger partial charge in [-0.25, -0.2) is 4.98 Å². The molecule has 5 heteroatoms. The smallest absolute Gasteiger partial charge is 0.122 e. The minimum absolute atomic E-state index is 0.0778. The molecule has 1 heterocycles. The molecule has 0 fully saturated rings. The molecule has 0 saturated heterocycles. The van der Waals surface area contributed by atoms with E-state index in [1.807, 2.05) is 23.6 Å². The SMILES string of the molecule is COc1cc(OC)cc(C(CN)c2nccs2)c1. The minimum Gasteiger partial charge on any atom is -0.497 e. The number of rotatable bonds is 5. The first-order valence-corrected chi connectivity index (χ1v) is 6.49. The summed E-state index contributed by atoms with van der Waals surface area (Å²) in [4.78, 5) is 4.33. The number of nitrogens with two attached hydrogens (primary N) is 1. The second-order valence-electron chi connectivity index (χ2n) is 3.80. The van der Waals surface area contributed by atoms with Crippen molar-refractivity contribution in [2.24, 2.45) is 5.73 Å². The number of nitrogens with zero attached hydrogens (tertiary/aromatic N) is 1. The van der Waals surface area contributed by atoms with Crippen LogP contribution in [-0.4, -0.2) is 25.7 Å². The summed E-state index contributed by atoms with van der Waals surface area (Å²) in [5.41, 5.74) is 6.92. The Morgan fingerprint density at radius 3 is 2.33 bits per heavy atom. The summed E-state index contributed by atoms with van der Waals surface area (Å²) in [7, 11) is 3.28. The predicted octanol–water partition coefficient (Wildman–Crippen LogP) is 2.25. The molecular weight excluding hydrogens is 248 g/mol. The second-order valence-corrected chi connectivity index (χ2v) is 4.73. The van der Waals surface area contributed by atoms with Crippen LogP contribution in [0.5, 0.6) is 11.5 Å². The fourth-order valence-corrected chi connectivity index (χ4v) is 2.60. The van der Waals surface area contributed by atoms with Crippen molar-refractivity contribution in [3.05, 3.63) is 40.3 Å². The van der Waals surface area contributed by atoms with Crippen LogP contribution < -0.4 is 15.2 Å². The lowest BCUT2D eigenvalue weighted by atomic mass is 9.99. The average Bonchev–Trinajstić information content (AvgIpc) is 2.93. The molecule has 0 aliphatic heterocycles. The second kappa shape index (κ2) is 5.84. The van der Waals surface area contributed by atoms with Gasteiger partial charge in [-0.3, -0.25) is 0 Å².